The first-order valence-corrected chi connectivity index (χ1v) is 18.1. The highest BCUT2D eigenvalue weighted by molar-refractivity contribution is 5.84. The van der Waals surface area contributed by atoms with Crippen LogP contribution in [0.1, 0.15) is 27.8 Å². The van der Waals surface area contributed by atoms with Crippen LogP contribution in [0.3, 0.4) is 0 Å². The van der Waals surface area contributed by atoms with Gasteiger partial charge in [0.05, 0.1) is 32.4 Å². The fourth-order valence-electron chi connectivity index (χ4n) is 6.44. The van der Waals surface area contributed by atoms with Crippen molar-refractivity contribution in [2.45, 2.75) is 0 Å². The van der Waals surface area contributed by atoms with Crippen LogP contribution in [0.25, 0.3) is 29.1 Å². The Morgan fingerprint density at radius 1 is 0.482 bits per heavy atom. The third-order valence-electron chi connectivity index (χ3n) is 9.34. The largest absolute Gasteiger partial charge is 0.497 e. The van der Waals surface area contributed by atoms with Gasteiger partial charge in [-0.1, -0.05) is 85.0 Å². The van der Waals surface area contributed by atoms with Gasteiger partial charge in [0.2, 0.25) is 0 Å². The summed E-state index contributed by atoms with van der Waals surface area (Å²) in [6.07, 6.45) is 7.73. The molecule has 0 aliphatic carbocycles. The van der Waals surface area contributed by atoms with Crippen molar-refractivity contribution in [3.63, 3.8) is 0 Å². The molecule has 0 amide bonds. The number of rotatable bonds is 12. The second kappa shape index (κ2) is 17.4. The maximum Gasteiger partial charge on any atom is 0.194 e. The quantitative estimate of drug-likeness (QED) is 0.0927. The molecule has 0 saturated carbocycles. The van der Waals surface area contributed by atoms with Crippen molar-refractivity contribution < 1.29 is 9.47 Å². The van der Waals surface area contributed by atoms with Crippen LogP contribution in [-0.4, -0.2) is 14.2 Å². The minimum absolute atomic E-state index is 0.472. The molecule has 56 heavy (non-hydrogen) atoms. The highest BCUT2D eigenvalue weighted by Crippen LogP contribution is 2.37. The van der Waals surface area contributed by atoms with E-state index in [1.54, 1.807) is 26.4 Å². The first-order chi connectivity index (χ1) is 27.6. The maximum atomic E-state index is 10.1. The number of methoxy groups -OCH3 is 2. The molecule has 0 aliphatic rings. The standard InChI is InChI=1S/C50H38N4O2/c1-52-50-35-39(20-14-37-16-22-44(23-17-37)53(42-10-6-4-7-11-42)46-26-30-48(55-2)31-27-46)41(36-51)34-40(50)21-15-38-18-24-45(25-19-38)54(43-12-8-5-9-13-43)47-28-32-49(56-3)33-29-47/h4-35H,2-3H3. The smallest absolute Gasteiger partial charge is 0.194 e. The molecule has 0 aromatic heterocycles. The van der Waals surface area contributed by atoms with Gasteiger partial charge in [-0.3, -0.25) is 0 Å². The summed E-state index contributed by atoms with van der Waals surface area (Å²) >= 11 is 0. The highest BCUT2D eigenvalue weighted by atomic mass is 16.5. The molecule has 270 valence electrons. The molecule has 7 rings (SSSR count). The van der Waals surface area contributed by atoms with Gasteiger partial charge >= 0.3 is 0 Å². The highest BCUT2D eigenvalue weighted by Gasteiger charge is 2.14. The van der Waals surface area contributed by atoms with Crippen molar-refractivity contribution in [3.05, 3.63) is 209 Å². The van der Waals surface area contributed by atoms with E-state index in [-0.39, 0.29) is 0 Å². The van der Waals surface area contributed by atoms with Gasteiger partial charge in [-0.25, -0.2) is 4.85 Å². The first-order valence-electron chi connectivity index (χ1n) is 18.1. The van der Waals surface area contributed by atoms with Crippen molar-refractivity contribution in [1.82, 2.24) is 0 Å². The lowest BCUT2D eigenvalue weighted by Crippen LogP contribution is -2.09. The van der Waals surface area contributed by atoms with E-state index in [0.717, 1.165) is 56.8 Å². The van der Waals surface area contributed by atoms with Crippen LogP contribution in [-0.2, 0) is 0 Å². The summed E-state index contributed by atoms with van der Waals surface area (Å²) in [6.45, 7) is 7.94. The van der Waals surface area contributed by atoms with Crippen LogP contribution in [0.15, 0.2) is 170 Å². The second-order valence-corrected chi connectivity index (χ2v) is 12.8. The Labute approximate surface area is 328 Å². The Morgan fingerprint density at radius 3 is 1.23 bits per heavy atom. The fourth-order valence-corrected chi connectivity index (χ4v) is 6.44. The number of hydrogen-bond acceptors (Lipinski definition) is 5. The molecule has 6 nitrogen and oxygen atoms in total. The van der Waals surface area contributed by atoms with E-state index in [2.05, 4.69) is 69.2 Å². The van der Waals surface area contributed by atoms with Gasteiger partial charge in [-0.05, 0) is 131 Å². The molecule has 0 bridgehead atoms. The van der Waals surface area contributed by atoms with E-state index in [1.807, 2.05) is 133 Å². The summed E-state index contributed by atoms with van der Waals surface area (Å²) in [5.41, 5.74) is 10.4. The van der Waals surface area contributed by atoms with E-state index < -0.39 is 0 Å². The number of nitriles is 1. The summed E-state index contributed by atoms with van der Waals surface area (Å²) < 4.78 is 10.8. The summed E-state index contributed by atoms with van der Waals surface area (Å²) in [6, 6.07) is 58.8. The summed E-state index contributed by atoms with van der Waals surface area (Å²) in [4.78, 5) is 8.19. The van der Waals surface area contributed by atoms with Gasteiger partial charge in [0.15, 0.2) is 5.69 Å². The summed E-state index contributed by atoms with van der Waals surface area (Å²) in [5, 5.41) is 10.1. The molecule has 0 radical (unpaired) electrons. The molecule has 7 aromatic carbocycles. The number of benzene rings is 7. The molecule has 0 heterocycles. The van der Waals surface area contributed by atoms with E-state index in [1.165, 1.54) is 0 Å². The first kappa shape index (κ1) is 36.6. The van der Waals surface area contributed by atoms with Crippen LogP contribution in [0, 0.1) is 17.9 Å². The number of hydrogen-bond donors (Lipinski definition) is 0. The van der Waals surface area contributed by atoms with Crippen molar-refractivity contribution in [2.24, 2.45) is 0 Å². The molecule has 0 aliphatic heterocycles. The zero-order valence-corrected chi connectivity index (χ0v) is 31.1. The Kier molecular flexibility index (Phi) is 11.3. The fraction of sp³-hybridized carbons (Fsp3) is 0.0400. The summed E-state index contributed by atoms with van der Waals surface area (Å²) in [7, 11) is 3.33. The topological polar surface area (TPSA) is 53.1 Å². The Morgan fingerprint density at radius 2 is 0.857 bits per heavy atom. The third-order valence-corrected chi connectivity index (χ3v) is 9.34. The van der Waals surface area contributed by atoms with Crippen molar-refractivity contribution >= 4 is 64.1 Å². The predicted octanol–water partition coefficient (Wildman–Crippen LogP) is 13.4. The molecule has 0 spiro atoms. The average Bonchev–Trinajstić information content (AvgIpc) is 3.27. The normalized spacial score (nSPS) is 10.9. The van der Waals surface area contributed by atoms with Gasteiger partial charge in [0.1, 0.15) is 11.5 Å². The summed E-state index contributed by atoms with van der Waals surface area (Å²) in [5.74, 6) is 1.60. The van der Waals surface area contributed by atoms with Crippen LogP contribution < -0.4 is 19.3 Å². The van der Waals surface area contributed by atoms with Gasteiger partial charge < -0.3 is 19.3 Å². The van der Waals surface area contributed by atoms with Crippen molar-refractivity contribution in [2.75, 3.05) is 24.0 Å². The molecule has 0 N–H and O–H groups in total. The Bertz CT molecular complexity index is 2350. The SMILES string of the molecule is [C-]#[N+]c1cc(C=Cc2ccc(N(c3ccccc3)c3ccc(OC)cc3)cc2)c(C#N)cc1C=Cc1ccc(N(c2ccccc2)c2ccc(OC)cc2)cc1. The number of ether oxygens (including phenoxy) is 2. The predicted molar refractivity (Wildman–Crippen MR) is 231 cm³/mol. The zero-order chi connectivity index (χ0) is 38.7. The molecule has 0 atom stereocenters. The van der Waals surface area contributed by atoms with Gasteiger partial charge in [0, 0.05) is 34.1 Å². The number of para-hydroxylation sites is 2. The van der Waals surface area contributed by atoms with E-state index in [0.29, 0.717) is 22.4 Å². The maximum absolute atomic E-state index is 10.1. The molecular formula is C50H38N4O2. The number of nitrogens with zero attached hydrogens (tertiary/aromatic N) is 4. The molecule has 0 unspecified atom stereocenters. The molecule has 0 fully saturated rings. The second-order valence-electron chi connectivity index (χ2n) is 12.8. The molecule has 0 saturated heterocycles. The van der Waals surface area contributed by atoms with Gasteiger partial charge in [0.25, 0.3) is 0 Å². The van der Waals surface area contributed by atoms with Crippen LogP contribution in [0.2, 0.25) is 0 Å². The van der Waals surface area contributed by atoms with Gasteiger partial charge in [-0.2, -0.15) is 5.26 Å². The van der Waals surface area contributed by atoms with Crippen molar-refractivity contribution in [1.29, 1.82) is 5.26 Å². The Balaban J connectivity index is 1.10. The van der Waals surface area contributed by atoms with Crippen LogP contribution in [0.5, 0.6) is 11.5 Å². The molecule has 7 aromatic rings. The Hall–Kier alpha value is -7.80. The van der Waals surface area contributed by atoms with Crippen molar-refractivity contribution in [3.8, 4) is 17.6 Å². The lowest BCUT2D eigenvalue weighted by atomic mass is 10.0. The molecule has 6 heteroatoms. The minimum atomic E-state index is 0.472. The monoisotopic (exact) mass is 726 g/mol. The lowest BCUT2D eigenvalue weighted by molar-refractivity contribution is 0.414. The van der Waals surface area contributed by atoms with E-state index >= 15 is 0 Å². The minimum Gasteiger partial charge on any atom is -0.497 e. The average molecular weight is 727 g/mol. The van der Waals surface area contributed by atoms with E-state index in [9.17, 15) is 5.26 Å². The lowest BCUT2D eigenvalue weighted by Gasteiger charge is -2.25. The van der Waals surface area contributed by atoms with Crippen LogP contribution >= 0.6 is 0 Å². The van der Waals surface area contributed by atoms with Gasteiger partial charge in [-0.15, -0.1) is 0 Å². The third kappa shape index (κ3) is 8.37. The van der Waals surface area contributed by atoms with E-state index in [4.69, 9.17) is 16.0 Å². The van der Waals surface area contributed by atoms with Crippen LogP contribution in [0.4, 0.5) is 39.8 Å². The molecular weight excluding hydrogens is 689 g/mol. The number of anilines is 6. The zero-order valence-electron chi connectivity index (χ0n) is 31.1.